The molecule has 0 rings (SSSR count). The van der Waals surface area contributed by atoms with Gasteiger partial charge in [0.1, 0.15) is 0 Å². The largest absolute Gasteiger partial charge is 0.535 e. The summed E-state index contributed by atoms with van der Waals surface area (Å²) in [6.07, 6.45) is -2.10. The maximum Gasteiger partial charge on any atom is 0.535 e. The van der Waals surface area contributed by atoms with Crippen LogP contribution in [0.1, 0.15) is 33.1 Å². The molecule has 0 spiro atoms. The third-order valence-corrected chi connectivity index (χ3v) is 3.76. The van der Waals surface area contributed by atoms with E-state index in [1.54, 1.807) is 12.1 Å². The van der Waals surface area contributed by atoms with Crippen LogP contribution in [0.5, 0.6) is 0 Å². The van der Waals surface area contributed by atoms with Gasteiger partial charge < -0.3 is 0 Å². The minimum absolute atomic E-state index is 0.0689. The summed E-state index contributed by atoms with van der Waals surface area (Å²) < 4.78 is 0. The molecule has 28 heavy (non-hydrogen) atoms. The summed E-state index contributed by atoms with van der Waals surface area (Å²) in [5.74, 6) is -2.80. The minimum atomic E-state index is -1.47. The molecule has 0 aliphatic rings. The Kier molecular flexibility index (Phi) is 9.19. The number of nitriles is 4. The number of nitrogens with zero attached hydrogens (tertiary/aromatic N) is 8. The molecule has 0 fully saturated rings. The maximum absolute atomic E-state index is 11.9. The molecule has 140 valence electrons. The second-order valence-electron chi connectivity index (χ2n) is 6.39. The maximum atomic E-state index is 11.9. The van der Waals surface area contributed by atoms with Crippen molar-refractivity contribution in [3.8, 4) is 24.3 Å². The highest BCUT2D eigenvalue weighted by Crippen LogP contribution is 2.25. The molecule has 0 radical (unpaired) electrons. The van der Waals surface area contributed by atoms with E-state index in [-0.39, 0.29) is 25.8 Å². The lowest BCUT2D eigenvalue weighted by Crippen LogP contribution is -2.27. The van der Waals surface area contributed by atoms with Gasteiger partial charge in [-0.25, -0.2) is 22.8 Å². The van der Waals surface area contributed by atoms with Gasteiger partial charge in [-0.1, -0.05) is 0 Å². The van der Waals surface area contributed by atoms with Gasteiger partial charge in [0.25, 0.3) is 0 Å². The Hall–Kier alpha value is -4.12. The number of Topliss-reactive ketones (excluding diaryl/α,β-unsaturated/α-hetero) is 2. The van der Waals surface area contributed by atoms with Gasteiger partial charge in [0.2, 0.25) is 0 Å². The Balaban J connectivity index is 5.12. The highest BCUT2D eigenvalue weighted by Gasteiger charge is 2.34. The van der Waals surface area contributed by atoms with Gasteiger partial charge in [-0.3, -0.25) is 9.59 Å². The van der Waals surface area contributed by atoms with Gasteiger partial charge in [-0.15, -0.1) is 0 Å². The van der Waals surface area contributed by atoms with Crippen molar-refractivity contribution in [2.75, 3.05) is 6.54 Å². The number of hydrogen-bond acceptors (Lipinski definition) is 8. The molecule has 0 saturated carbocycles. The molecule has 10 heteroatoms. The number of hydrogen-bond donors (Lipinski definition) is 0. The topological polar surface area (TPSA) is 163 Å². The van der Waals surface area contributed by atoms with E-state index in [9.17, 15) is 20.1 Å². The molecule has 0 N–H and O–H groups in total. The van der Waals surface area contributed by atoms with E-state index < -0.39 is 34.6 Å². The smallest absolute Gasteiger partial charge is 0.297 e. The summed E-state index contributed by atoms with van der Waals surface area (Å²) in [4.78, 5) is 29.4. The number of azo groups is 1. The van der Waals surface area contributed by atoms with Crippen molar-refractivity contribution in [2.24, 2.45) is 21.6 Å². The van der Waals surface area contributed by atoms with Crippen LogP contribution in [0.2, 0.25) is 0 Å². The Bertz CT molecular complexity index is 871. The molecule has 2 atom stereocenters. The van der Waals surface area contributed by atoms with Crippen LogP contribution >= 0.6 is 0 Å². The fraction of sp³-hybridized carbons (Fsp3) is 0.556. The van der Waals surface area contributed by atoms with Crippen molar-refractivity contribution in [1.82, 2.24) is 0 Å². The molecule has 2 unspecified atom stereocenters. The fourth-order valence-electron chi connectivity index (χ4n) is 1.93. The third kappa shape index (κ3) is 7.01. The number of carbonyl (C=O) groups is 2. The first-order valence-electron chi connectivity index (χ1n) is 7.93. The van der Waals surface area contributed by atoms with Gasteiger partial charge in [0.15, 0.2) is 17.2 Å². The lowest BCUT2D eigenvalue weighted by Gasteiger charge is -2.19. The first-order chi connectivity index (χ1) is 13.1. The predicted octanol–water partition coefficient (Wildman–Crippen LogP) is 2.39. The lowest BCUT2D eigenvalue weighted by atomic mass is 9.84. The number of carbonyl (C=O) groups excluding carboxylic acids is 2. The zero-order valence-electron chi connectivity index (χ0n) is 15.4. The highest BCUT2D eigenvalue weighted by atomic mass is 16.1. The molecule has 10 nitrogen and oxygen atoms in total. The monoisotopic (exact) mass is 376 g/mol. The number of rotatable bonds is 10. The van der Waals surface area contributed by atoms with Gasteiger partial charge in [-0.05, 0) is 20.3 Å². The van der Waals surface area contributed by atoms with Crippen LogP contribution in [-0.4, -0.2) is 29.8 Å². The summed E-state index contributed by atoms with van der Waals surface area (Å²) >= 11 is 0. The van der Waals surface area contributed by atoms with E-state index in [1.165, 1.54) is 13.8 Å². The van der Waals surface area contributed by atoms with E-state index >= 15 is 0 Å². The lowest BCUT2D eigenvalue weighted by molar-refractivity contribution is -0.121. The van der Waals surface area contributed by atoms with Crippen LogP contribution in [-0.2, 0) is 9.59 Å². The summed E-state index contributed by atoms with van der Waals surface area (Å²) in [6, 6.07) is 6.87. The summed E-state index contributed by atoms with van der Waals surface area (Å²) in [5, 5.41) is 43.7. The SMILES string of the molecule is [C-]#[N+]C([N+]#[C-])C(=O)CCC(C)(C#N)N=NCC(C)(C#N)CC(=O)C(C#N)C#N. The van der Waals surface area contributed by atoms with Crippen LogP contribution in [0.3, 0.4) is 0 Å². The van der Waals surface area contributed by atoms with Crippen LogP contribution in [0.4, 0.5) is 0 Å². The van der Waals surface area contributed by atoms with Crippen molar-refractivity contribution in [3.05, 3.63) is 22.8 Å². The molecule has 0 aliphatic heterocycles. The molecule has 0 amide bonds. The molecule has 0 aromatic rings. The molecule has 0 bridgehead atoms. The van der Waals surface area contributed by atoms with E-state index in [1.807, 2.05) is 12.1 Å². The Morgan fingerprint density at radius 3 is 2.04 bits per heavy atom. The van der Waals surface area contributed by atoms with Crippen LogP contribution in [0.25, 0.3) is 9.69 Å². The molecule has 0 aromatic heterocycles. The van der Waals surface area contributed by atoms with Crippen molar-refractivity contribution < 1.29 is 9.59 Å². The molecular weight excluding hydrogens is 360 g/mol. The van der Waals surface area contributed by atoms with Gasteiger partial charge in [0, 0.05) is 12.8 Å². The average Bonchev–Trinajstić information content (AvgIpc) is 2.68. The predicted molar refractivity (Wildman–Crippen MR) is 93.0 cm³/mol. The van der Waals surface area contributed by atoms with Crippen LogP contribution in [0.15, 0.2) is 10.2 Å². The quantitative estimate of drug-likeness (QED) is 0.419. The third-order valence-electron chi connectivity index (χ3n) is 3.76. The molecule has 0 heterocycles. The standard InChI is InChI=1S/C18H16N8O2/c1-17(10-21,7-15(28)13(8-19)9-20)12-25-26-18(2,11-22)6-5-14(27)16(23-3)24-4/h13,16H,5-7,12H2,1-2H3. The second-order valence-corrected chi connectivity index (χ2v) is 6.39. The summed E-state index contributed by atoms with van der Waals surface area (Å²) in [7, 11) is 0. The summed E-state index contributed by atoms with van der Waals surface area (Å²) in [5.41, 5.74) is -2.73. The van der Waals surface area contributed by atoms with Crippen LogP contribution in [0, 0.1) is 69.8 Å². The zero-order valence-corrected chi connectivity index (χ0v) is 15.4. The normalized spacial score (nSPS) is 14.4. The molecule has 0 aliphatic carbocycles. The van der Waals surface area contributed by atoms with Crippen molar-refractivity contribution in [3.63, 3.8) is 0 Å². The first-order valence-corrected chi connectivity index (χ1v) is 7.93. The molecule has 0 saturated heterocycles. The highest BCUT2D eigenvalue weighted by molar-refractivity contribution is 5.87. The molecular formula is C18H16N8O2. The van der Waals surface area contributed by atoms with Crippen molar-refractivity contribution >= 4 is 11.6 Å². The van der Waals surface area contributed by atoms with E-state index in [2.05, 4.69) is 19.9 Å². The fourth-order valence-corrected chi connectivity index (χ4v) is 1.93. The Morgan fingerprint density at radius 2 is 1.61 bits per heavy atom. The first kappa shape index (κ1) is 23.9. The Labute approximate surface area is 162 Å². The van der Waals surface area contributed by atoms with Gasteiger partial charge in [-0.2, -0.15) is 31.3 Å². The van der Waals surface area contributed by atoms with Gasteiger partial charge in [0.05, 0.1) is 36.2 Å². The second kappa shape index (κ2) is 10.8. The van der Waals surface area contributed by atoms with Gasteiger partial charge >= 0.3 is 11.9 Å². The van der Waals surface area contributed by atoms with Crippen molar-refractivity contribution in [1.29, 1.82) is 21.0 Å². The van der Waals surface area contributed by atoms with E-state index in [0.29, 0.717) is 0 Å². The summed E-state index contributed by atoms with van der Waals surface area (Å²) in [6.45, 7) is 16.1. The van der Waals surface area contributed by atoms with Crippen molar-refractivity contribution in [2.45, 2.75) is 44.8 Å². The minimum Gasteiger partial charge on any atom is -0.297 e. The zero-order chi connectivity index (χ0) is 21.8. The average molecular weight is 376 g/mol. The molecule has 0 aromatic carbocycles. The Morgan fingerprint density at radius 1 is 1.04 bits per heavy atom. The van der Waals surface area contributed by atoms with Crippen LogP contribution < -0.4 is 0 Å². The number of ketones is 2. The van der Waals surface area contributed by atoms with E-state index in [0.717, 1.165) is 0 Å². The van der Waals surface area contributed by atoms with E-state index in [4.69, 9.17) is 23.7 Å².